The second kappa shape index (κ2) is 3.23. The lowest BCUT2D eigenvalue weighted by molar-refractivity contribution is 0.399. The normalized spacial score (nSPS) is 10.5. The van der Waals surface area contributed by atoms with Crippen LogP contribution in [0.4, 0.5) is 0 Å². The number of aromatic amines is 1. The summed E-state index contributed by atoms with van der Waals surface area (Å²) in [5.41, 5.74) is -0.401. The van der Waals surface area contributed by atoms with Crippen LogP contribution in [0.3, 0.4) is 0 Å². The van der Waals surface area contributed by atoms with E-state index >= 15 is 0 Å². The number of ether oxygens (including phenoxy) is 1. The van der Waals surface area contributed by atoms with Crippen LogP contribution in [0, 0.1) is 0 Å². The third kappa shape index (κ3) is 1.39. The number of hydrogen-bond acceptors (Lipinski definition) is 4. The summed E-state index contributed by atoms with van der Waals surface area (Å²) in [4.78, 5) is 28.9. The Morgan fingerprint density at radius 3 is 2.80 bits per heavy atom. The number of aromatic nitrogens is 3. The fourth-order valence-electron chi connectivity index (χ4n) is 1.33. The number of hydrogen-bond donors (Lipinski definition) is 1. The second-order valence-corrected chi connectivity index (χ2v) is 3.04. The summed E-state index contributed by atoms with van der Waals surface area (Å²) >= 11 is 0. The molecule has 0 unspecified atom stereocenters. The van der Waals surface area contributed by atoms with Gasteiger partial charge in [0, 0.05) is 13.1 Å². The van der Waals surface area contributed by atoms with E-state index in [4.69, 9.17) is 4.74 Å². The van der Waals surface area contributed by atoms with E-state index in [9.17, 15) is 9.59 Å². The van der Waals surface area contributed by atoms with Crippen molar-refractivity contribution in [2.24, 2.45) is 7.05 Å². The molecule has 0 radical (unpaired) electrons. The van der Waals surface area contributed by atoms with E-state index in [0.29, 0.717) is 17.0 Å². The van der Waals surface area contributed by atoms with E-state index in [1.54, 1.807) is 12.1 Å². The lowest BCUT2D eigenvalue weighted by Crippen LogP contribution is -2.35. The summed E-state index contributed by atoms with van der Waals surface area (Å²) in [6, 6.07) is 3.29. The molecule has 78 valence electrons. The number of H-pyrrole nitrogens is 1. The average Bonchev–Trinajstić information content (AvgIpc) is 2.25. The maximum absolute atomic E-state index is 11.3. The Bertz CT molecular complexity index is 627. The van der Waals surface area contributed by atoms with Crippen molar-refractivity contribution < 1.29 is 4.74 Å². The number of methoxy groups -OCH3 is 1. The first-order valence-corrected chi connectivity index (χ1v) is 4.27. The molecule has 1 N–H and O–H groups in total. The van der Waals surface area contributed by atoms with Crippen LogP contribution in [0.15, 0.2) is 21.7 Å². The second-order valence-electron chi connectivity index (χ2n) is 3.04. The molecule has 0 fully saturated rings. The Morgan fingerprint density at radius 1 is 1.40 bits per heavy atom. The van der Waals surface area contributed by atoms with Crippen LogP contribution in [-0.4, -0.2) is 21.6 Å². The monoisotopic (exact) mass is 207 g/mol. The molecule has 0 spiro atoms. The van der Waals surface area contributed by atoms with Crippen molar-refractivity contribution >= 4 is 11.2 Å². The molecule has 0 bridgehead atoms. The van der Waals surface area contributed by atoms with Crippen molar-refractivity contribution in [3.8, 4) is 5.88 Å². The predicted molar refractivity (Wildman–Crippen MR) is 54.2 cm³/mol. The van der Waals surface area contributed by atoms with Gasteiger partial charge in [0.05, 0.1) is 12.6 Å². The van der Waals surface area contributed by atoms with Crippen LogP contribution in [0.1, 0.15) is 0 Å². The summed E-state index contributed by atoms with van der Waals surface area (Å²) in [7, 11) is 3.00. The summed E-state index contributed by atoms with van der Waals surface area (Å²) in [5.74, 6) is 0.386. The summed E-state index contributed by atoms with van der Waals surface area (Å²) in [5, 5.41) is 0. The Balaban J connectivity index is 2.92. The number of aryl methyl sites for hydroxylation is 1. The highest BCUT2D eigenvalue weighted by Gasteiger charge is 2.05. The smallest absolute Gasteiger partial charge is 0.316 e. The number of pyridine rings is 1. The minimum absolute atomic E-state index is 0.335. The number of fused-ring (bicyclic) bond motifs is 1. The van der Waals surface area contributed by atoms with Crippen LogP contribution >= 0.6 is 0 Å². The van der Waals surface area contributed by atoms with E-state index < -0.39 is 11.1 Å². The van der Waals surface area contributed by atoms with Gasteiger partial charge in [-0.1, -0.05) is 0 Å². The molecule has 0 saturated carbocycles. The molecule has 6 heteroatoms. The van der Waals surface area contributed by atoms with Crippen LogP contribution in [0.5, 0.6) is 5.88 Å². The topological polar surface area (TPSA) is 77.0 Å². The Hall–Kier alpha value is -2.11. The molecular weight excluding hydrogens is 198 g/mol. The van der Waals surface area contributed by atoms with Gasteiger partial charge in [-0.3, -0.25) is 9.59 Å². The van der Waals surface area contributed by atoms with Gasteiger partial charge in [-0.25, -0.2) is 0 Å². The molecule has 15 heavy (non-hydrogen) atoms. The van der Waals surface area contributed by atoms with E-state index in [-0.39, 0.29) is 0 Å². The molecule has 2 rings (SSSR count). The van der Waals surface area contributed by atoms with Crippen LogP contribution in [0.2, 0.25) is 0 Å². The van der Waals surface area contributed by atoms with Gasteiger partial charge in [-0.15, -0.1) is 0 Å². The zero-order chi connectivity index (χ0) is 11.0. The van der Waals surface area contributed by atoms with Crippen molar-refractivity contribution in [1.29, 1.82) is 0 Å². The van der Waals surface area contributed by atoms with Crippen molar-refractivity contribution in [1.82, 2.24) is 14.5 Å². The van der Waals surface area contributed by atoms with E-state index in [1.165, 1.54) is 18.7 Å². The van der Waals surface area contributed by atoms with Crippen LogP contribution in [-0.2, 0) is 7.05 Å². The first kappa shape index (κ1) is 9.45. The van der Waals surface area contributed by atoms with Gasteiger partial charge in [0.1, 0.15) is 0 Å². The van der Waals surface area contributed by atoms with Gasteiger partial charge in [-0.2, -0.15) is 4.98 Å². The highest BCUT2D eigenvalue weighted by Crippen LogP contribution is 2.10. The minimum atomic E-state index is -0.689. The SMILES string of the molecule is COc1ccc2c(n1)[nH]c(=O)c(=O)n2C. The van der Waals surface area contributed by atoms with E-state index in [0.717, 1.165) is 0 Å². The number of nitrogens with one attached hydrogen (secondary N) is 1. The Kier molecular flexibility index (Phi) is 2.03. The van der Waals surface area contributed by atoms with Crippen molar-refractivity contribution in [2.75, 3.05) is 7.11 Å². The van der Waals surface area contributed by atoms with Crippen molar-refractivity contribution in [3.05, 3.63) is 32.8 Å². The highest BCUT2D eigenvalue weighted by molar-refractivity contribution is 5.70. The molecule has 6 nitrogen and oxygen atoms in total. The molecular formula is C9H9N3O3. The standard InChI is InChI=1S/C9H9N3O3/c1-12-5-3-4-6(15-2)10-7(5)11-8(13)9(12)14/h3-4H,1-2H3,(H,10,11,13). The van der Waals surface area contributed by atoms with Gasteiger partial charge < -0.3 is 14.3 Å². The van der Waals surface area contributed by atoms with Crippen molar-refractivity contribution in [2.45, 2.75) is 0 Å². The molecule has 0 aliphatic carbocycles. The third-order valence-corrected chi connectivity index (χ3v) is 2.15. The maximum atomic E-state index is 11.3. The number of nitrogens with zero attached hydrogens (tertiary/aromatic N) is 2. The first-order valence-electron chi connectivity index (χ1n) is 4.27. The van der Waals surface area contributed by atoms with Gasteiger partial charge in [0.25, 0.3) is 0 Å². The fourth-order valence-corrected chi connectivity index (χ4v) is 1.33. The molecule has 2 heterocycles. The minimum Gasteiger partial charge on any atom is -0.481 e. The Labute approximate surface area is 84.1 Å². The highest BCUT2D eigenvalue weighted by atomic mass is 16.5. The lowest BCUT2D eigenvalue weighted by atomic mass is 10.4. The van der Waals surface area contributed by atoms with E-state index in [1.807, 2.05) is 0 Å². The molecule has 2 aromatic rings. The van der Waals surface area contributed by atoms with E-state index in [2.05, 4.69) is 9.97 Å². The molecule has 2 aromatic heterocycles. The summed E-state index contributed by atoms with van der Waals surface area (Å²) in [6.07, 6.45) is 0. The van der Waals surface area contributed by atoms with Gasteiger partial charge >= 0.3 is 11.1 Å². The van der Waals surface area contributed by atoms with Crippen molar-refractivity contribution in [3.63, 3.8) is 0 Å². The quantitative estimate of drug-likeness (QED) is 0.647. The predicted octanol–water partition coefficient (Wildman–Crippen LogP) is -0.370. The molecule has 0 aliphatic rings. The molecule has 0 atom stereocenters. The lowest BCUT2D eigenvalue weighted by Gasteiger charge is -2.04. The fraction of sp³-hybridized carbons (Fsp3) is 0.222. The first-order chi connectivity index (χ1) is 7.13. The summed E-state index contributed by atoms with van der Waals surface area (Å²) in [6.45, 7) is 0. The van der Waals surface area contributed by atoms with Gasteiger partial charge in [-0.05, 0) is 6.07 Å². The molecule has 0 aliphatic heterocycles. The zero-order valence-corrected chi connectivity index (χ0v) is 8.27. The molecule has 0 amide bonds. The molecule has 0 aromatic carbocycles. The number of rotatable bonds is 1. The largest absolute Gasteiger partial charge is 0.481 e. The van der Waals surface area contributed by atoms with Crippen LogP contribution in [0.25, 0.3) is 11.2 Å². The zero-order valence-electron chi connectivity index (χ0n) is 8.27. The third-order valence-electron chi connectivity index (χ3n) is 2.15. The van der Waals surface area contributed by atoms with Crippen LogP contribution < -0.4 is 15.9 Å². The van der Waals surface area contributed by atoms with Gasteiger partial charge in [0.2, 0.25) is 5.88 Å². The summed E-state index contributed by atoms with van der Waals surface area (Å²) < 4.78 is 6.16. The average molecular weight is 207 g/mol. The maximum Gasteiger partial charge on any atom is 0.316 e. The molecule has 0 saturated heterocycles. The Morgan fingerprint density at radius 2 is 2.13 bits per heavy atom. The van der Waals surface area contributed by atoms with Gasteiger partial charge in [0.15, 0.2) is 5.65 Å².